The van der Waals surface area contributed by atoms with Gasteiger partial charge in [-0.25, -0.2) is 0 Å². The monoisotopic (exact) mass is 279 g/mol. The number of hydrogen-bond acceptors (Lipinski definition) is 1. The Kier molecular flexibility index (Phi) is 4.92. The zero-order valence-corrected chi connectivity index (χ0v) is 13.1. The standard InChI is InChI=1S/C17H26ClN/c1-13(2)12-16(19-3)17(10-4-5-11-17)14-6-8-15(18)9-7-14/h6-9,13,16,19H,4-5,10-12H2,1-3H3. The third-order valence-corrected chi connectivity index (χ3v) is 4.89. The molecule has 1 N–H and O–H groups in total. The van der Waals surface area contributed by atoms with Crippen LogP contribution in [0.4, 0.5) is 0 Å². The third kappa shape index (κ3) is 3.14. The molecule has 0 aliphatic heterocycles. The largest absolute Gasteiger partial charge is 0.316 e. The molecule has 1 aromatic rings. The molecule has 106 valence electrons. The number of likely N-dealkylation sites (N-methyl/N-ethyl adjacent to an activating group) is 1. The highest BCUT2D eigenvalue weighted by molar-refractivity contribution is 6.30. The van der Waals surface area contributed by atoms with Crippen LogP contribution in [0.2, 0.25) is 5.02 Å². The second-order valence-corrected chi connectivity index (χ2v) is 6.78. The second kappa shape index (κ2) is 6.28. The Morgan fingerprint density at radius 3 is 2.21 bits per heavy atom. The maximum atomic E-state index is 6.05. The number of halogens is 1. The summed E-state index contributed by atoms with van der Waals surface area (Å²) in [7, 11) is 2.11. The van der Waals surface area contributed by atoms with Crippen molar-refractivity contribution >= 4 is 11.6 Å². The molecule has 1 aromatic carbocycles. The molecular weight excluding hydrogens is 254 g/mol. The van der Waals surface area contributed by atoms with Crippen molar-refractivity contribution in [2.24, 2.45) is 5.92 Å². The molecule has 1 atom stereocenters. The molecule has 1 nitrogen and oxygen atoms in total. The Balaban J connectivity index is 2.33. The molecule has 1 saturated carbocycles. The highest BCUT2D eigenvalue weighted by Gasteiger charge is 2.42. The highest BCUT2D eigenvalue weighted by atomic mass is 35.5. The minimum absolute atomic E-state index is 0.309. The van der Waals surface area contributed by atoms with Gasteiger partial charge < -0.3 is 5.32 Å². The van der Waals surface area contributed by atoms with Gasteiger partial charge in [0.05, 0.1) is 0 Å². The van der Waals surface area contributed by atoms with Gasteiger partial charge in [-0.1, -0.05) is 50.4 Å². The molecule has 1 fully saturated rings. The summed E-state index contributed by atoms with van der Waals surface area (Å²) in [6.07, 6.45) is 6.52. The highest BCUT2D eigenvalue weighted by Crippen LogP contribution is 2.45. The lowest BCUT2D eigenvalue weighted by Gasteiger charge is -2.39. The molecule has 0 bridgehead atoms. The van der Waals surface area contributed by atoms with Crippen molar-refractivity contribution in [1.82, 2.24) is 5.32 Å². The first-order valence-electron chi connectivity index (χ1n) is 7.52. The summed E-state index contributed by atoms with van der Waals surface area (Å²) in [5.41, 5.74) is 1.78. The van der Waals surface area contributed by atoms with E-state index < -0.39 is 0 Å². The van der Waals surface area contributed by atoms with Gasteiger partial charge >= 0.3 is 0 Å². The van der Waals surface area contributed by atoms with E-state index in [1.54, 1.807) is 0 Å². The Bertz CT molecular complexity index is 390. The molecule has 2 rings (SSSR count). The SMILES string of the molecule is CNC(CC(C)C)C1(c2ccc(Cl)cc2)CCCC1. The molecule has 0 amide bonds. The predicted molar refractivity (Wildman–Crippen MR) is 83.9 cm³/mol. The Morgan fingerprint density at radius 1 is 1.16 bits per heavy atom. The molecule has 1 unspecified atom stereocenters. The molecule has 19 heavy (non-hydrogen) atoms. The Hall–Kier alpha value is -0.530. The normalized spacial score (nSPS) is 19.8. The van der Waals surface area contributed by atoms with Crippen LogP contribution in [-0.2, 0) is 5.41 Å². The van der Waals surface area contributed by atoms with Crippen molar-refractivity contribution in [2.45, 2.75) is 57.4 Å². The van der Waals surface area contributed by atoms with E-state index in [0.29, 0.717) is 11.5 Å². The van der Waals surface area contributed by atoms with Crippen molar-refractivity contribution in [3.63, 3.8) is 0 Å². The van der Waals surface area contributed by atoms with E-state index >= 15 is 0 Å². The number of benzene rings is 1. The van der Waals surface area contributed by atoms with Crippen molar-refractivity contribution in [2.75, 3.05) is 7.05 Å². The van der Waals surface area contributed by atoms with Gasteiger partial charge in [-0.05, 0) is 49.9 Å². The average Bonchev–Trinajstić information content (AvgIpc) is 2.87. The lowest BCUT2D eigenvalue weighted by Crippen LogP contribution is -2.46. The van der Waals surface area contributed by atoms with Gasteiger partial charge in [-0.15, -0.1) is 0 Å². The molecule has 0 radical (unpaired) electrons. The van der Waals surface area contributed by atoms with Gasteiger partial charge in [-0.2, -0.15) is 0 Å². The van der Waals surface area contributed by atoms with Crippen molar-refractivity contribution in [3.8, 4) is 0 Å². The number of hydrogen-bond donors (Lipinski definition) is 1. The molecule has 0 aromatic heterocycles. The maximum absolute atomic E-state index is 6.05. The Labute approximate surface area is 122 Å². The van der Waals surface area contributed by atoms with Crippen LogP contribution in [0.15, 0.2) is 24.3 Å². The van der Waals surface area contributed by atoms with E-state index in [2.05, 4.69) is 38.3 Å². The van der Waals surface area contributed by atoms with E-state index in [1.807, 2.05) is 12.1 Å². The predicted octanol–water partition coefficient (Wildman–Crippen LogP) is 4.79. The van der Waals surface area contributed by atoms with E-state index in [1.165, 1.54) is 37.7 Å². The Morgan fingerprint density at radius 2 is 1.74 bits per heavy atom. The fourth-order valence-corrected chi connectivity index (χ4v) is 3.84. The second-order valence-electron chi connectivity index (χ2n) is 6.34. The van der Waals surface area contributed by atoms with E-state index in [9.17, 15) is 0 Å². The zero-order valence-electron chi connectivity index (χ0n) is 12.4. The van der Waals surface area contributed by atoms with E-state index in [4.69, 9.17) is 11.6 Å². The summed E-state index contributed by atoms with van der Waals surface area (Å²) in [6.45, 7) is 4.63. The van der Waals surface area contributed by atoms with Crippen LogP contribution in [0.3, 0.4) is 0 Å². The van der Waals surface area contributed by atoms with Gasteiger partial charge in [0.25, 0.3) is 0 Å². The fourth-order valence-electron chi connectivity index (χ4n) is 3.72. The molecule has 1 aliphatic carbocycles. The van der Waals surface area contributed by atoms with Gasteiger partial charge in [0.15, 0.2) is 0 Å². The van der Waals surface area contributed by atoms with E-state index in [0.717, 1.165) is 10.9 Å². The molecule has 1 aliphatic rings. The lowest BCUT2D eigenvalue weighted by molar-refractivity contribution is 0.271. The topological polar surface area (TPSA) is 12.0 Å². The van der Waals surface area contributed by atoms with Crippen LogP contribution < -0.4 is 5.32 Å². The van der Waals surface area contributed by atoms with Gasteiger partial charge in [0, 0.05) is 16.5 Å². The summed E-state index contributed by atoms with van der Waals surface area (Å²) >= 11 is 6.05. The zero-order chi connectivity index (χ0) is 13.9. The summed E-state index contributed by atoms with van der Waals surface area (Å²) in [4.78, 5) is 0. The minimum atomic E-state index is 0.309. The number of nitrogens with one attached hydrogen (secondary N) is 1. The third-order valence-electron chi connectivity index (χ3n) is 4.64. The van der Waals surface area contributed by atoms with Crippen LogP contribution in [0.1, 0.15) is 51.5 Å². The van der Waals surface area contributed by atoms with Crippen molar-refractivity contribution < 1.29 is 0 Å². The van der Waals surface area contributed by atoms with Crippen LogP contribution in [0.25, 0.3) is 0 Å². The van der Waals surface area contributed by atoms with Crippen LogP contribution in [0.5, 0.6) is 0 Å². The summed E-state index contributed by atoms with van der Waals surface area (Å²) in [5.74, 6) is 0.724. The first-order valence-corrected chi connectivity index (χ1v) is 7.89. The van der Waals surface area contributed by atoms with Crippen molar-refractivity contribution in [3.05, 3.63) is 34.9 Å². The van der Waals surface area contributed by atoms with E-state index in [-0.39, 0.29) is 0 Å². The van der Waals surface area contributed by atoms with Gasteiger partial charge in [-0.3, -0.25) is 0 Å². The summed E-state index contributed by atoms with van der Waals surface area (Å²) < 4.78 is 0. The van der Waals surface area contributed by atoms with Crippen LogP contribution in [-0.4, -0.2) is 13.1 Å². The fraction of sp³-hybridized carbons (Fsp3) is 0.647. The molecule has 0 saturated heterocycles. The first-order chi connectivity index (χ1) is 9.08. The quantitative estimate of drug-likeness (QED) is 0.817. The van der Waals surface area contributed by atoms with Crippen LogP contribution >= 0.6 is 11.6 Å². The molecule has 0 spiro atoms. The molecule has 0 heterocycles. The van der Waals surface area contributed by atoms with Crippen LogP contribution in [0, 0.1) is 5.92 Å². The molecular formula is C17H26ClN. The summed E-state index contributed by atoms with van der Waals surface area (Å²) in [6, 6.07) is 9.12. The summed E-state index contributed by atoms with van der Waals surface area (Å²) in [5, 5.41) is 4.43. The minimum Gasteiger partial charge on any atom is -0.316 e. The first kappa shape index (κ1) is 14.9. The van der Waals surface area contributed by atoms with Gasteiger partial charge in [0.1, 0.15) is 0 Å². The lowest BCUT2D eigenvalue weighted by atomic mass is 9.70. The maximum Gasteiger partial charge on any atom is 0.0406 e. The van der Waals surface area contributed by atoms with Gasteiger partial charge in [0.2, 0.25) is 0 Å². The molecule has 2 heteroatoms. The van der Waals surface area contributed by atoms with Crippen molar-refractivity contribution in [1.29, 1.82) is 0 Å². The average molecular weight is 280 g/mol. The number of rotatable bonds is 5. The smallest absolute Gasteiger partial charge is 0.0406 e.